The number of thiol groups is 1. The lowest BCUT2D eigenvalue weighted by Crippen LogP contribution is -2.64. The smallest absolute Gasteiger partial charge is 0.322 e. The van der Waals surface area contributed by atoms with Crippen LogP contribution >= 0.6 is 12.6 Å². The van der Waals surface area contributed by atoms with E-state index < -0.39 is 47.8 Å². The summed E-state index contributed by atoms with van der Waals surface area (Å²) in [5.74, 6) is -1.34. The fraction of sp³-hybridized carbons (Fsp3) is 0.889. The van der Waals surface area contributed by atoms with Gasteiger partial charge in [0, 0.05) is 0 Å². The van der Waals surface area contributed by atoms with Gasteiger partial charge in [-0.15, -0.1) is 0 Å². The van der Waals surface area contributed by atoms with Gasteiger partial charge in [-0.05, 0) is 6.92 Å². The fourth-order valence-electron chi connectivity index (χ4n) is 1.69. The maximum atomic E-state index is 11.0. The molecule has 1 heterocycles. The molecule has 0 aromatic carbocycles. The second kappa shape index (κ2) is 5.09. The van der Waals surface area contributed by atoms with Crippen LogP contribution in [0.5, 0.6) is 0 Å². The van der Waals surface area contributed by atoms with E-state index in [2.05, 4.69) is 12.6 Å². The van der Waals surface area contributed by atoms with Crippen LogP contribution in [0.2, 0.25) is 0 Å². The van der Waals surface area contributed by atoms with Gasteiger partial charge in [-0.25, -0.2) is 0 Å². The Kier molecular flexibility index (Phi) is 4.39. The van der Waals surface area contributed by atoms with E-state index in [0.717, 1.165) is 0 Å². The second-order valence-electron chi connectivity index (χ2n) is 4.20. The maximum Gasteiger partial charge on any atom is 0.322 e. The van der Waals surface area contributed by atoms with Gasteiger partial charge in [-0.1, -0.05) is 0 Å². The largest absolute Gasteiger partial charge is 0.480 e. The quantitative estimate of drug-likeness (QED) is 0.315. The zero-order valence-electron chi connectivity index (χ0n) is 9.09. The first-order valence-corrected chi connectivity index (χ1v) is 5.44. The molecule has 5 N–H and O–H groups in total. The molecular formula is C9H16O7S. The van der Waals surface area contributed by atoms with Crippen LogP contribution in [0.1, 0.15) is 6.92 Å². The Hall–Kier alpha value is -0.380. The van der Waals surface area contributed by atoms with Crippen LogP contribution in [-0.4, -0.2) is 73.4 Å². The summed E-state index contributed by atoms with van der Waals surface area (Å²) in [5, 5.41) is 46.6. The fourth-order valence-corrected chi connectivity index (χ4v) is 1.90. The summed E-state index contributed by atoms with van der Waals surface area (Å²) in [7, 11) is 0. The third-order valence-electron chi connectivity index (χ3n) is 2.88. The monoisotopic (exact) mass is 268 g/mol. The van der Waals surface area contributed by atoms with E-state index in [-0.39, 0.29) is 0 Å². The first-order valence-electron chi connectivity index (χ1n) is 4.99. The van der Waals surface area contributed by atoms with Crippen molar-refractivity contribution < 1.29 is 35.1 Å². The van der Waals surface area contributed by atoms with E-state index in [1.165, 1.54) is 6.92 Å². The van der Waals surface area contributed by atoms with Crippen molar-refractivity contribution >= 4 is 18.6 Å². The van der Waals surface area contributed by atoms with Crippen molar-refractivity contribution in [1.29, 1.82) is 0 Å². The van der Waals surface area contributed by atoms with E-state index in [4.69, 9.17) is 14.9 Å². The summed E-state index contributed by atoms with van der Waals surface area (Å²) >= 11 is 3.87. The molecule has 1 aliphatic heterocycles. The lowest BCUT2D eigenvalue weighted by molar-refractivity contribution is -0.236. The van der Waals surface area contributed by atoms with Gasteiger partial charge in [-0.2, -0.15) is 12.6 Å². The Morgan fingerprint density at radius 2 is 1.82 bits per heavy atom. The number of hydrogen-bond donors (Lipinski definition) is 6. The third-order valence-corrected chi connectivity index (χ3v) is 3.33. The number of carbonyl (C=O) groups is 1. The van der Waals surface area contributed by atoms with Crippen LogP contribution in [0.4, 0.5) is 0 Å². The van der Waals surface area contributed by atoms with Gasteiger partial charge in [0.25, 0.3) is 0 Å². The number of ether oxygens (including phenoxy) is 1. The molecule has 0 saturated carbocycles. The van der Waals surface area contributed by atoms with E-state index in [1.54, 1.807) is 0 Å². The molecule has 2 unspecified atom stereocenters. The average molecular weight is 268 g/mol. The highest BCUT2D eigenvalue weighted by atomic mass is 32.1. The molecular weight excluding hydrogens is 252 g/mol. The number of aliphatic carboxylic acids is 1. The molecule has 0 aliphatic carbocycles. The van der Waals surface area contributed by atoms with Gasteiger partial charge in [0.1, 0.15) is 35.3 Å². The van der Waals surface area contributed by atoms with Crippen LogP contribution in [0.25, 0.3) is 0 Å². The molecule has 0 spiro atoms. The van der Waals surface area contributed by atoms with E-state index in [9.17, 15) is 20.1 Å². The Bertz CT molecular complexity index is 293. The van der Waals surface area contributed by atoms with Crippen LogP contribution in [0.15, 0.2) is 0 Å². The Morgan fingerprint density at radius 3 is 2.24 bits per heavy atom. The predicted molar refractivity (Wildman–Crippen MR) is 58.8 cm³/mol. The summed E-state index contributed by atoms with van der Waals surface area (Å²) in [6, 6.07) is 0. The van der Waals surface area contributed by atoms with Gasteiger partial charge < -0.3 is 30.3 Å². The molecule has 1 rings (SSSR count). The molecule has 0 bridgehead atoms. The number of aliphatic hydroxyl groups excluding tert-OH is 4. The summed E-state index contributed by atoms with van der Waals surface area (Å²) in [6.45, 7) is 0.593. The van der Waals surface area contributed by atoms with Crippen molar-refractivity contribution in [1.82, 2.24) is 0 Å². The van der Waals surface area contributed by atoms with Crippen molar-refractivity contribution in [2.24, 2.45) is 0 Å². The SMILES string of the molecule is CC(S)(C(=O)O)C1O[C@H](CO)[C@H](O)[C@H](O)[C@H]1O. The lowest BCUT2D eigenvalue weighted by Gasteiger charge is -2.44. The number of carboxylic acid groups (broad SMARTS) is 1. The Balaban J connectivity index is 2.97. The van der Waals surface area contributed by atoms with Gasteiger partial charge in [0.2, 0.25) is 0 Å². The number of hydrogen-bond acceptors (Lipinski definition) is 7. The van der Waals surface area contributed by atoms with E-state index in [1.807, 2.05) is 0 Å². The van der Waals surface area contributed by atoms with E-state index >= 15 is 0 Å². The average Bonchev–Trinajstić information content (AvgIpc) is 2.26. The van der Waals surface area contributed by atoms with Crippen LogP contribution in [0, 0.1) is 0 Å². The first kappa shape index (κ1) is 14.7. The summed E-state index contributed by atoms with van der Waals surface area (Å²) in [6.07, 6.45) is -7.20. The van der Waals surface area contributed by atoms with E-state index in [0.29, 0.717) is 0 Å². The van der Waals surface area contributed by atoms with Crippen LogP contribution < -0.4 is 0 Å². The highest BCUT2D eigenvalue weighted by Gasteiger charge is 2.52. The molecule has 0 aromatic heterocycles. The molecule has 1 saturated heterocycles. The van der Waals surface area contributed by atoms with Crippen molar-refractivity contribution in [3.63, 3.8) is 0 Å². The maximum absolute atomic E-state index is 11.0. The number of carboxylic acids is 1. The summed E-state index contributed by atoms with van der Waals surface area (Å²) in [5.41, 5.74) is 0. The third kappa shape index (κ3) is 2.56. The molecule has 1 aliphatic rings. The topological polar surface area (TPSA) is 127 Å². The molecule has 17 heavy (non-hydrogen) atoms. The molecule has 8 heteroatoms. The highest BCUT2D eigenvalue weighted by Crippen LogP contribution is 2.32. The van der Waals surface area contributed by atoms with Gasteiger partial charge in [-0.3, -0.25) is 4.79 Å². The summed E-state index contributed by atoms with van der Waals surface area (Å²) in [4.78, 5) is 11.0. The summed E-state index contributed by atoms with van der Waals surface area (Å²) < 4.78 is 3.33. The predicted octanol–water partition coefficient (Wildman–Crippen LogP) is -2.40. The van der Waals surface area contributed by atoms with Gasteiger partial charge >= 0.3 is 5.97 Å². The molecule has 0 amide bonds. The zero-order valence-corrected chi connectivity index (χ0v) is 9.99. The minimum absolute atomic E-state index is 0.606. The molecule has 7 nitrogen and oxygen atoms in total. The molecule has 0 radical (unpaired) electrons. The minimum atomic E-state index is -1.76. The molecule has 1 fully saturated rings. The molecule has 0 aromatic rings. The van der Waals surface area contributed by atoms with Crippen molar-refractivity contribution in [3.05, 3.63) is 0 Å². The Morgan fingerprint density at radius 1 is 1.29 bits per heavy atom. The molecule has 100 valence electrons. The van der Waals surface area contributed by atoms with Crippen molar-refractivity contribution in [3.8, 4) is 0 Å². The normalized spacial score (nSPS) is 41.9. The number of rotatable bonds is 3. The zero-order chi connectivity index (χ0) is 13.4. The minimum Gasteiger partial charge on any atom is -0.480 e. The standard InChI is InChI=1S/C9H16O7S/c1-9(17,8(14)15)7-6(13)5(12)4(11)3(2-10)16-7/h3-7,10-13,17H,2H2,1H3,(H,14,15)/t3-,4+,5+,6-,7?,9?/m1/s1. The van der Waals surface area contributed by atoms with Crippen LogP contribution in [-0.2, 0) is 9.53 Å². The van der Waals surface area contributed by atoms with Gasteiger partial charge in [0.15, 0.2) is 0 Å². The number of aliphatic hydroxyl groups is 4. The second-order valence-corrected chi connectivity index (χ2v) is 5.13. The first-order chi connectivity index (χ1) is 7.73. The van der Waals surface area contributed by atoms with Gasteiger partial charge in [0.05, 0.1) is 6.61 Å². The van der Waals surface area contributed by atoms with Crippen molar-refractivity contribution in [2.45, 2.75) is 42.2 Å². The van der Waals surface area contributed by atoms with Crippen LogP contribution in [0.3, 0.4) is 0 Å². The highest BCUT2D eigenvalue weighted by molar-refractivity contribution is 7.82. The Labute approximate surface area is 103 Å². The lowest BCUT2D eigenvalue weighted by atomic mass is 9.88. The molecule has 6 atom stereocenters. The van der Waals surface area contributed by atoms with Crippen molar-refractivity contribution in [2.75, 3.05) is 6.61 Å².